The fourth-order valence-electron chi connectivity index (χ4n) is 3.43. The second-order valence-corrected chi connectivity index (χ2v) is 8.30. The van der Waals surface area contributed by atoms with Crippen molar-refractivity contribution in [2.45, 2.75) is 20.4 Å². The zero-order valence-corrected chi connectivity index (χ0v) is 17.8. The molecule has 4 rings (SSSR count). The highest BCUT2D eigenvalue weighted by molar-refractivity contribution is 8.18. The number of hydrogen-bond donors (Lipinski definition) is 1. The minimum Gasteiger partial charge on any atom is -0.340 e. The van der Waals surface area contributed by atoms with Gasteiger partial charge in [-0.05, 0) is 55.4 Å². The molecule has 1 saturated heterocycles. The second-order valence-electron chi connectivity index (χ2n) is 6.83. The average Bonchev–Trinajstić information content (AvgIpc) is 3.17. The van der Waals surface area contributed by atoms with Gasteiger partial charge in [-0.25, -0.2) is 4.99 Å². The predicted molar refractivity (Wildman–Crippen MR) is 124 cm³/mol. The number of rotatable bonds is 4. The quantitative estimate of drug-likeness (QED) is 0.415. The third kappa shape index (κ3) is 3.76. The van der Waals surface area contributed by atoms with E-state index in [1.54, 1.807) is 6.07 Å². The number of hydrogen-bond acceptors (Lipinski definition) is 3. The molecule has 0 unspecified atom stereocenters. The number of amidine groups is 1. The van der Waals surface area contributed by atoms with Crippen LogP contribution in [0.15, 0.2) is 65.0 Å². The second kappa shape index (κ2) is 7.93. The summed E-state index contributed by atoms with van der Waals surface area (Å²) < 4.78 is 2.20. The molecule has 1 fully saturated rings. The van der Waals surface area contributed by atoms with Crippen molar-refractivity contribution in [2.24, 2.45) is 4.99 Å². The van der Waals surface area contributed by atoms with Gasteiger partial charge in [0.2, 0.25) is 0 Å². The van der Waals surface area contributed by atoms with E-state index in [2.05, 4.69) is 40.5 Å². The molecule has 29 heavy (non-hydrogen) atoms. The van der Waals surface area contributed by atoms with Crippen LogP contribution in [0.5, 0.6) is 0 Å². The van der Waals surface area contributed by atoms with E-state index in [1.807, 2.05) is 43.3 Å². The van der Waals surface area contributed by atoms with Crippen LogP contribution in [0.4, 0.5) is 5.69 Å². The summed E-state index contributed by atoms with van der Waals surface area (Å²) >= 11 is 7.42. The molecule has 0 atom stereocenters. The molecule has 0 saturated carbocycles. The van der Waals surface area contributed by atoms with E-state index < -0.39 is 0 Å². The molecule has 0 radical (unpaired) electrons. The number of aliphatic imine (C=N–C) groups is 1. The van der Waals surface area contributed by atoms with E-state index >= 15 is 0 Å². The number of aryl methyl sites for hydroxylation is 1. The Bertz CT molecular complexity index is 1210. The summed E-state index contributed by atoms with van der Waals surface area (Å²) in [5, 5.41) is 5.14. The van der Waals surface area contributed by atoms with E-state index in [0.29, 0.717) is 15.1 Å². The maximum atomic E-state index is 12.6. The summed E-state index contributed by atoms with van der Waals surface area (Å²) in [6.45, 7) is 8.61. The summed E-state index contributed by atoms with van der Waals surface area (Å²) in [4.78, 5) is 17.8. The van der Waals surface area contributed by atoms with Crippen LogP contribution >= 0.6 is 23.4 Å². The number of nitrogens with one attached hydrogen (secondary N) is 1. The number of amides is 1. The lowest BCUT2D eigenvalue weighted by Crippen LogP contribution is -2.19. The fraction of sp³-hybridized carbons (Fsp3) is 0.130. The third-order valence-electron chi connectivity index (χ3n) is 4.91. The number of carbonyl (C=O) groups excluding carboxylic acids is 1. The number of allylic oxidation sites excluding steroid dienone is 1. The molecule has 3 aromatic rings. The molecule has 0 spiro atoms. The first-order valence-corrected chi connectivity index (χ1v) is 10.4. The number of carbonyl (C=O) groups is 1. The Morgan fingerprint density at radius 3 is 2.83 bits per heavy atom. The molecule has 2 aromatic carbocycles. The minimum atomic E-state index is -0.145. The van der Waals surface area contributed by atoms with Crippen molar-refractivity contribution >= 4 is 57.1 Å². The van der Waals surface area contributed by atoms with Crippen LogP contribution < -0.4 is 5.32 Å². The molecule has 1 aliphatic rings. The highest BCUT2D eigenvalue weighted by Gasteiger charge is 2.25. The molecule has 2 heterocycles. The summed E-state index contributed by atoms with van der Waals surface area (Å²) in [7, 11) is 0. The number of nitrogens with zero attached hydrogens (tertiary/aromatic N) is 2. The lowest BCUT2D eigenvalue weighted by atomic mass is 10.1. The van der Waals surface area contributed by atoms with Crippen molar-refractivity contribution in [1.29, 1.82) is 0 Å². The van der Waals surface area contributed by atoms with Gasteiger partial charge in [-0.3, -0.25) is 4.79 Å². The lowest BCUT2D eigenvalue weighted by Gasteiger charge is -2.04. The van der Waals surface area contributed by atoms with Crippen LogP contribution in [-0.4, -0.2) is 15.6 Å². The molecule has 6 heteroatoms. The van der Waals surface area contributed by atoms with Crippen molar-refractivity contribution in [2.75, 3.05) is 0 Å². The topological polar surface area (TPSA) is 46.4 Å². The molecule has 1 aromatic heterocycles. The summed E-state index contributed by atoms with van der Waals surface area (Å²) in [5.74, 6) is -0.145. The standard InChI is InChI=1S/C23H20ClN3OS/c1-4-11-27-15(3)18(17-7-5-6-8-20(17)27)13-21-22(28)26-23(29-21)25-19-12-16(24)10-9-14(19)2/h4-10,12-13H,1,11H2,2-3H3,(H,25,26,28)/b21-13-. The third-order valence-corrected chi connectivity index (χ3v) is 6.06. The fourth-order valence-corrected chi connectivity index (χ4v) is 4.41. The Morgan fingerprint density at radius 1 is 1.24 bits per heavy atom. The molecule has 4 nitrogen and oxygen atoms in total. The number of benzene rings is 2. The van der Waals surface area contributed by atoms with Crippen molar-refractivity contribution in [3.63, 3.8) is 0 Å². The van der Waals surface area contributed by atoms with Crippen LogP contribution in [0, 0.1) is 13.8 Å². The molecule has 1 N–H and O–H groups in total. The molecule has 0 aliphatic carbocycles. The maximum absolute atomic E-state index is 12.6. The normalized spacial score (nSPS) is 16.7. The van der Waals surface area contributed by atoms with Crippen LogP contribution in [0.2, 0.25) is 5.02 Å². The maximum Gasteiger partial charge on any atom is 0.264 e. The van der Waals surface area contributed by atoms with E-state index in [-0.39, 0.29) is 5.91 Å². The van der Waals surface area contributed by atoms with E-state index in [9.17, 15) is 4.79 Å². The van der Waals surface area contributed by atoms with Gasteiger partial charge in [0, 0.05) is 33.7 Å². The van der Waals surface area contributed by atoms with Crippen LogP contribution in [0.3, 0.4) is 0 Å². The summed E-state index contributed by atoms with van der Waals surface area (Å²) in [6.07, 6.45) is 3.83. The highest BCUT2D eigenvalue weighted by atomic mass is 35.5. The van der Waals surface area contributed by atoms with Gasteiger partial charge in [-0.1, -0.05) is 41.9 Å². The highest BCUT2D eigenvalue weighted by Crippen LogP contribution is 2.34. The van der Waals surface area contributed by atoms with Crippen molar-refractivity contribution in [3.8, 4) is 0 Å². The largest absolute Gasteiger partial charge is 0.340 e. The first kappa shape index (κ1) is 19.6. The van der Waals surface area contributed by atoms with Crippen LogP contribution in [-0.2, 0) is 11.3 Å². The van der Waals surface area contributed by atoms with E-state index in [1.165, 1.54) is 11.8 Å². The smallest absolute Gasteiger partial charge is 0.264 e. The Kier molecular flexibility index (Phi) is 5.35. The van der Waals surface area contributed by atoms with Gasteiger partial charge in [0.15, 0.2) is 5.17 Å². The van der Waals surface area contributed by atoms with Crippen LogP contribution in [0.25, 0.3) is 17.0 Å². The number of thioether (sulfide) groups is 1. The molecular weight excluding hydrogens is 402 g/mol. The summed E-state index contributed by atoms with van der Waals surface area (Å²) in [6, 6.07) is 13.7. The van der Waals surface area contributed by atoms with Crippen molar-refractivity contribution in [3.05, 3.63) is 81.9 Å². The van der Waals surface area contributed by atoms with Gasteiger partial charge in [0.1, 0.15) is 0 Å². The lowest BCUT2D eigenvalue weighted by molar-refractivity contribution is -0.115. The number of fused-ring (bicyclic) bond motifs is 1. The van der Waals surface area contributed by atoms with Gasteiger partial charge in [0.25, 0.3) is 5.91 Å². The summed E-state index contributed by atoms with van der Waals surface area (Å²) in [5.41, 5.74) is 5.02. The number of halogens is 1. The zero-order chi connectivity index (χ0) is 20.5. The SMILES string of the molecule is C=CCn1c(C)c(/C=C2\SC(=Nc3cc(Cl)ccc3C)NC2=O)c2ccccc21. The molecule has 146 valence electrons. The first-order valence-electron chi connectivity index (χ1n) is 9.22. The van der Waals surface area contributed by atoms with Gasteiger partial charge in [0.05, 0.1) is 10.6 Å². The number of aromatic nitrogens is 1. The average molecular weight is 422 g/mol. The zero-order valence-electron chi connectivity index (χ0n) is 16.2. The molecule has 1 aliphatic heterocycles. The van der Waals surface area contributed by atoms with Crippen molar-refractivity contribution < 1.29 is 4.79 Å². The Morgan fingerprint density at radius 2 is 2.03 bits per heavy atom. The Balaban J connectivity index is 1.74. The van der Waals surface area contributed by atoms with Crippen molar-refractivity contribution in [1.82, 2.24) is 9.88 Å². The monoisotopic (exact) mass is 421 g/mol. The predicted octanol–water partition coefficient (Wildman–Crippen LogP) is 5.99. The van der Waals surface area contributed by atoms with Gasteiger partial charge in [-0.2, -0.15) is 0 Å². The molecule has 0 bridgehead atoms. The van der Waals surface area contributed by atoms with Gasteiger partial charge >= 0.3 is 0 Å². The van der Waals surface area contributed by atoms with Gasteiger partial charge < -0.3 is 9.88 Å². The van der Waals surface area contributed by atoms with Gasteiger partial charge in [-0.15, -0.1) is 6.58 Å². The minimum absolute atomic E-state index is 0.145. The van der Waals surface area contributed by atoms with E-state index in [0.717, 1.165) is 40.0 Å². The molecule has 1 amide bonds. The first-order chi connectivity index (χ1) is 14.0. The Labute approximate surface area is 179 Å². The molecular formula is C23H20ClN3OS. The Hall–Kier alpha value is -2.76. The van der Waals surface area contributed by atoms with Crippen LogP contribution in [0.1, 0.15) is 16.8 Å². The van der Waals surface area contributed by atoms with E-state index in [4.69, 9.17) is 11.6 Å². The number of para-hydroxylation sites is 1.